The molecule has 2 N–H and O–H groups in total. The maximum Gasteiger partial charge on any atom is 0.115 e. The molecule has 17 heavy (non-hydrogen) atoms. The van der Waals surface area contributed by atoms with Gasteiger partial charge < -0.3 is 5.73 Å². The maximum atomic E-state index is 6.12. The van der Waals surface area contributed by atoms with Crippen LogP contribution in [0.2, 0.25) is 0 Å². The Morgan fingerprint density at radius 2 is 2.29 bits per heavy atom. The van der Waals surface area contributed by atoms with E-state index < -0.39 is 0 Å². The van der Waals surface area contributed by atoms with Crippen LogP contribution in [0.25, 0.3) is 0 Å². The van der Waals surface area contributed by atoms with Gasteiger partial charge in [-0.3, -0.25) is 4.68 Å². The van der Waals surface area contributed by atoms with E-state index in [9.17, 15) is 0 Å². The molecule has 0 aliphatic rings. The lowest BCUT2D eigenvalue weighted by atomic mass is 10.1. The van der Waals surface area contributed by atoms with Gasteiger partial charge in [-0.1, -0.05) is 0 Å². The summed E-state index contributed by atoms with van der Waals surface area (Å²) in [6, 6.07) is 1.69. The average Bonchev–Trinajstić information content (AvgIpc) is 2.57. The fourth-order valence-electron chi connectivity index (χ4n) is 1.73. The van der Waals surface area contributed by atoms with Gasteiger partial charge in [0, 0.05) is 19.7 Å². The summed E-state index contributed by atoms with van der Waals surface area (Å²) in [7, 11) is 1.92. The van der Waals surface area contributed by atoms with E-state index in [1.165, 1.54) is 6.33 Å². The monoisotopic (exact) mass is 295 g/mol. The molecule has 0 amide bonds. The maximum absolute atomic E-state index is 6.12. The molecule has 2 rings (SSSR count). The number of nitrogens with zero attached hydrogens (tertiary/aromatic N) is 4. The van der Waals surface area contributed by atoms with Crippen molar-refractivity contribution in [3.05, 3.63) is 40.1 Å². The predicted octanol–water partition coefficient (Wildman–Crippen LogP) is 1.52. The molecule has 0 aliphatic carbocycles. The number of hydrogen-bond acceptors (Lipinski definition) is 4. The molecule has 0 saturated heterocycles. The lowest BCUT2D eigenvalue weighted by Gasteiger charge is -2.11. The summed E-state index contributed by atoms with van der Waals surface area (Å²) in [5.41, 5.74) is 9.01. The lowest BCUT2D eigenvalue weighted by molar-refractivity contribution is 0.626. The molecule has 0 bridgehead atoms. The Labute approximate surface area is 108 Å². The number of rotatable bonds is 3. The second-order valence-electron chi connectivity index (χ2n) is 3.91. The van der Waals surface area contributed by atoms with Crippen LogP contribution in [-0.2, 0) is 13.5 Å². The van der Waals surface area contributed by atoms with E-state index in [0.29, 0.717) is 6.42 Å². The molecule has 6 heteroatoms. The topological polar surface area (TPSA) is 69.6 Å². The first-order chi connectivity index (χ1) is 8.09. The van der Waals surface area contributed by atoms with E-state index in [2.05, 4.69) is 31.0 Å². The van der Waals surface area contributed by atoms with E-state index in [4.69, 9.17) is 5.73 Å². The normalized spacial score (nSPS) is 12.7. The summed E-state index contributed by atoms with van der Waals surface area (Å²) >= 11 is 3.53. The number of aromatic nitrogens is 4. The molecule has 1 unspecified atom stereocenters. The molecule has 0 aromatic carbocycles. The highest BCUT2D eigenvalue weighted by Gasteiger charge is 2.15. The molecule has 0 spiro atoms. The number of halogens is 1. The molecular weight excluding hydrogens is 282 g/mol. The molecule has 0 fully saturated rings. The minimum absolute atomic E-state index is 0.149. The fraction of sp³-hybridized carbons (Fsp3) is 0.364. The Morgan fingerprint density at radius 3 is 2.82 bits per heavy atom. The standard InChI is InChI=1S/C11H14BrN5/c1-7-11(12)10(17(2)16-7)5-8(13)9-3-4-14-6-15-9/h3-4,6,8H,5,13H2,1-2H3. The van der Waals surface area contributed by atoms with Crippen molar-refractivity contribution in [1.29, 1.82) is 0 Å². The van der Waals surface area contributed by atoms with Gasteiger partial charge in [-0.25, -0.2) is 9.97 Å². The Morgan fingerprint density at radius 1 is 1.53 bits per heavy atom. The van der Waals surface area contributed by atoms with E-state index in [1.54, 1.807) is 6.20 Å². The highest BCUT2D eigenvalue weighted by molar-refractivity contribution is 9.10. The van der Waals surface area contributed by atoms with E-state index in [1.807, 2.05) is 24.7 Å². The Kier molecular flexibility index (Phi) is 3.54. The van der Waals surface area contributed by atoms with Gasteiger partial charge in [0.2, 0.25) is 0 Å². The first kappa shape index (κ1) is 12.2. The highest BCUT2D eigenvalue weighted by atomic mass is 79.9. The van der Waals surface area contributed by atoms with Gasteiger partial charge in [-0.05, 0) is 28.9 Å². The van der Waals surface area contributed by atoms with E-state index in [0.717, 1.165) is 21.6 Å². The van der Waals surface area contributed by atoms with Crippen LogP contribution in [0, 0.1) is 6.92 Å². The van der Waals surface area contributed by atoms with Gasteiger partial charge in [0.1, 0.15) is 6.33 Å². The predicted molar refractivity (Wildman–Crippen MR) is 68.3 cm³/mol. The quantitative estimate of drug-likeness (QED) is 0.932. The summed E-state index contributed by atoms with van der Waals surface area (Å²) in [5.74, 6) is 0. The summed E-state index contributed by atoms with van der Waals surface area (Å²) in [6.07, 6.45) is 3.90. The number of aryl methyl sites for hydroxylation is 2. The molecule has 0 aliphatic heterocycles. The van der Waals surface area contributed by atoms with Crippen LogP contribution in [0.15, 0.2) is 23.1 Å². The summed E-state index contributed by atoms with van der Waals surface area (Å²) in [5, 5.41) is 4.34. The van der Waals surface area contributed by atoms with Crippen LogP contribution >= 0.6 is 15.9 Å². The van der Waals surface area contributed by atoms with Crippen LogP contribution in [-0.4, -0.2) is 19.7 Å². The molecule has 5 nitrogen and oxygen atoms in total. The lowest BCUT2D eigenvalue weighted by Crippen LogP contribution is -2.17. The summed E-state index contributed by atoms with van der Waals surface area (Å²) in [4.78, 5) is 8.04. The van der Waals surface area contributed by atoms with Gasteiger partial charge in [0.25, 0.3) is 0 Å². The SMILES string of the molecule is Cc1nn(C)c(CC(N)c2ccncn2)c1Br. The van der Waals surface area contributed by atoms with Crippen molar-refractivity contribution in [1.82, 2.24) is 19.7 Å². The first-order valence-corrected chi connectivity index (χ1v) is 6.08. The minimum atomic E-state index is -0.149. The van der Waals surface area contributed by atoms with Crippen LogP contribution in [0.3, 0.4) is 0 Å². The van der Waals surface area contributed by atoms with Crippen LogP contribution in [0.1, 0.15) is 23.1 Å². The van der Waals surface area contributed by atoms with Crippen LogP contribution in [0.4, 0.5) is 0 Å². The Hall–Kier alpha value is -1.27. The van der Waals surface area contributed by atoms with Gasteiger partial charge in [0.05, 0.1) is 27.6 Å². The Balaban J connectivity index is 2.22. The molecule has 2 aromatic heterocycles. The largest absolute Gasteiger partial charge is 0.322 e. The molecule has 2 heterocycles. The molecule has 0 saturated carbocycles. The second kappa shape index (κ2) is 4.93. The Bertz CT molecular complexity index is 508. The van der Waals surface area contributed by atoms with Crippen molar-refractivity contribution in [3.8, 4) is 0 Å². The molecular formula is C11H14BrN5. The van der Waals surface area contributed by atoms with Crippen molar-refractivity contribution in [2.75, 3.05) is 0 Å². The van der Waals surface area contributed by atoms with Gasteiger partial charge in [-0.2, -0.15) is 5.10 Å². The zero-order chi connectivity index (χ0) is 12.4. The number of hydrogen-bond donors (Lipinski definition) is 1. The second-order valence-corrected chi connectivity index (χ2v) is 4.71. The van der Waals surface area contributed by atoms with Gasteiger partial charge in [0.15, 0.2) is 0 Å². The molecule has 1 atom stereocenters. The van der Waals surface area contributed by atoms with E-state index in [-0.39, 0.29) is 6.04 Å². The van der Waals surface area contributed by atoms with Crippen LogP contribution < -0.4 is 5.73 Å². The highest BCUT2D eigenvalue weighted by Crippen LogP contribution is 2.24. The third-order valence-corrected chi connectivity index (χ3v) is 3.69. The van der Waals surface area contributed by atoms with Crippen LogP contribution in [0.5, 0.6) is 0 Å². The summed E-state index contributed by atoms with van der Waals surface area (Å²) < 4.78 is 2.87. The third kappa shape index (κ3) is 2.53. The van der Waals surface area contributed by atoms with Crippen molar-refractivity contribution >= 4 is 15.9 Å². The van der Waals surface area contributed by atoms with Crippen molar-refractivity contribution in [2.45, 2.75) is 19.4 Å². The zero-order valence-corrected chi connectivity index (χ0v) is 11.3. The first-order valence-electron chi connectivity index (χ1n) is 5.29. The van der Waals surface area contributed by atoms with Crippen molar-refractivity contribution in [3.63, 3.8) is 0 Å². The van der Waals surface area contributed by atoms with Gasteiger partial charge in [-0.15, -0.1) is 0 Å². The zero-order valence-electron chi connectivity index (χ0n) is 9.76. The fourth-order valence-corrected chi connectivity index (χ4v) is 2.23. The third-order valence-electron chi connectivity index (χ3n) is 2.66. The molecule has 90 valence electrons. The summed E-state index contributed by atoms with van der Waals surface area (Å²) in [6.45, 7) is 1.96. The average molecular weight is 296 g/mol. The smallest absolute Gasteiger partial charge is 0.115 e. The molecule has 0 radical (unpaired) electrons. The number of nitrogens with two attached hydrogens (primary N) is 1. The minimum Gasteiger partial charge on any atom is -0.322 e. The molecule has 2 aromatic rings. The van der Waals surface area contributed by atoms with Gasteiger partial charge >= 0.3 is 0 Å². The van der Waals surface area contributed by atoms with E-state index >= 15 is 0 Å². The van der Waals surface area contributed by atoms with Crippen molar-refractivity contribution < 1.29 is 0 Å². The van der Waals surface area contributed by atoms with Crippen molar-refractivity contribution in [2.24, 2.45) is 12.8 Å².